The highest BCUT2D eigenvalue weighted by Crippen LogP contribution is 2.19. The van der Waals surface area contributed by atoms with Gasteiger partial charge < -0.3 is 10.3 Å². The molecule has 3 heteroatoms. The quantitative estimate of drug-likeness (QED) is 0.532. The number of quaternary nitrogens is 1. The van der Waals surface area contributed by atoms with Gasteiger partial charge in [0.25, 0.3) is 0 Å². The molecule has 0 aliphatic carbocycles. The average molecular weight is 171 g/mol. The van der Waals surface area contributed by atoms with Gasteiger partial charge in [-0.25, -0.2) is 0 Å². The van der Waals surface area contributed by atoms with Gasteiger partial charge in [-0.05, 0) is 27.7 Å². The Kier molecular flexibility index (Phi) is 2.05. The van der Waals surface area contributed by atoms with Crippen molar-refractivity contribution in [2.75, 3.05) is 0 Å². The first-order chi connectivity index (χ1) is 5.26. The first-order valence-corrected chi connectivity index (χ1v) is 4.32. The minimum Gasteiger partial charge on any atom is -0.634 e. The third-order valence-corrected chi connectivity index (χ3v) is 2.51. The van der Waals surface area contributed by atoms with Gasteiger partial charge in [-0.3, -0.25) is 4.79 Å². The normalized spacial score (nSPS) is 28.9. The minimum absolute atomic E-state index is 0.213. The summed E-state index contributed by atoms with van der Waals surface area (Å²) in [5.41, 5.74) is -0.891. The van der Waals surface area contributed by atoms with Crippen molar-refractivity contribution in [2.45, 2.75) is 51.6 Å². The Bertz CT molecular complexity index is 189. The summed E-state index contributed by atoms with van der Waals surface area (Å²) in [5, 5.41) is 12.0. The van der Waals surface area contributed by atoms with E-state index in [-0.39, 0.29) is 10.8 Å². The first kappa shape index (κ1) is 9.68. The molecule has 0 aromatic heterocycles. The highest BCUT2D eigenvalue weighted by Gasteiger charge is 2.44. The number of carbonyl (C=O) groups excluding carboxylic acids is 1. The number of hydrogen-bond acceptors (Lipinski definition) is 2. The lowest BCUT2D eigenvalue weighted by Gasteiger charge is -2.51. The number of piperidine rings is 1. The predicted molar refractivity (Wildman–Crippen MR) is 46.7 cm³/mol. The zero-order chi connectivity index (χ0) is 9.57. The molecule has 0 radical (unpaired) electrons. The number of ketones is 1. The van der Waals surface area contributed by atoms with Crippen molar-refractivity contribution in [2.24, 2.45) is 0 Å². The maximum atomic E-state index is 11.8. The van der Waals surface area contributed by atoms with Gasteiger partial charge >= 0.3 is 0 Å². The van der Waals surface area contributed by atoms with Crippen molar-refractivity contribution >= 4 is 5.78 Å². The minimum atomic E-state index is -0.446. The monoisotopic (exact) mass is 171 g/mol. The fourth-order valence-corrected chi connectivity index (χ4v) is 2.12. The van der Waals surface area contributed by atoms with Crippen molar-refractivity contribution in [3.8, 4) is 0 Å². The highest BCUT2D eigenvalue weighted by molar-refractivity contribution is 5.80. The molecule has 70 valence electrons. The number of hydroxylamine groups is 2. The van der Waals surface area contributed by atoms with Crippen LogP contribution in [-0.2, 0) is 4.79 Å². The molecule has 1 aliphatic heterocycles. The molecule has 0 aromatic carbocycles. The Morgan fingerprint density at radius 3 is 1.83 bits per heavy atom. The molecule has 0 atom stereocenters. The smallest absolute Gasteiger partial charge is 0.145 e. The van der Waals surface area contributed by atoms with Crippen LogP contribution in [0.3, 0.4) is 0 Å². The summed E-state index contributed by atoms with van der Waals surface area (Å²) in [6, 6.07) is 0. The van der Waals surface area contributed by atoms with E-state index in [0.29, 0.717) is 12.8 Å². The van der Waals surface area contributed by atoms with Crippen molar-refractivity contribution < 1.29 is 9.86 Å². The summed E-state index contributed by atoms with van der Waals surface area (Å²) < 4.78 is 0. The van der Waals surface area contributed by atoms with Gasteiger partial charge in [-0.15, -0.1) is 0 Å². The summed E-state index contributed by atoms with van der Waals surface area (Å²) in [6.07, 6.45) is 0.824. The second kappa shape index (κ2) is 2.54. The van der Waals surface area contributed by atoms with Crippen LogP contribution < -0.4 is 5.06 Å². The standard InChI is InChI=1S/C9H17NO2/c1-8(2)5-7(11)6-9(3,4)10(8)12/h10H,5-6H2,1-4H3. The number of carbonyl (C=O) groups is 1. The van der Waals surface area contributed by atoms with Crippen LogP contribution in [0, 0.1) is 5.21 Å². The van der Waals surface area contributed by atoms with E-state index in [9.17, 15) is 10.0 Å². The van der Waals surface area contributed by atoms with Crippen molar-refractivity contribution in [1.82, 2.24) is 0 Å². The fraction of sp³-hybridized carbons (Fsp3) is 0.889. The van der Waals surface area contributed by atoms with Gasteiger partial charge in [0.05, 0.1) is 23.9 Å². The van der Waals surface area contributed by atoms with E-state index in [1.165, 1.54) is 0 Å². The van der Waals surface area contributed by atoms with E-state index in [1.807, 2.05) is 27.7 Å². The highest BCUT2D eigenvalue weighted by atomic mass is 16.5. The second-order valence-electron chi connectivity index (χ2n) is 4.99. The Morgan fingerprint density at radius 1 is 1.17 bits per heavy atom. The van der Waals surface area contributed by atoms with Gasteiger partial charge in [0, 0.05) is 0 Å². The largest absolute Gasteiger partial charge is 0.634 e. The molecule has 1 heterocycles. The lowest BCUT2D eigenvalue weighted by Crippen LogP contribution is -3.23. The molecule has 0 saturated carbocycles. The number of nitrogens with one attached hydrogen (secondary N) is 1. The van der Waals surface area contributed by atoms with Crippen LogP contribution in [0.25, 0.3) is 0 Å². The Morgan fingerprint density at radius 2 is 1.50 bits per heavy atom. The topological polar surface area (TPSA) is 44.6 Å². The molecular weight excluding hydrogens is 154 g/mol. The molecule has 1 N–H and O–H groups in total. The van der Waals surface area contributed by atoms with E-state index in [4.69, 9.17) is 0 Å². The van der Waals surface area contributed by atoms with Crippen LogP contribution in [0.5, 0.6) is 0 Å². The van der Waals surface area contributed by atoms with E-state index in [0.717, 1.165) is 0 Å². The molecular formula is C9H17NO2. The summed E-state index contributed by atoms with van der Waals surface area (Å²) in [5.74, 6) is 0.213. The second-order valence-corrected chi connectivity index (χ2v) is 4.99. The lowest BCUT2D eigenvalue weighted by atomic mass is 9.81. The summed E-state index contributed by atoms with van der Waals surface area (Å²) in [7, 11) is 0. The van der Waals surface area contributed by atoms with Gasteiger partial charge in [0.1, 0.15) is 5.78 Å². The van der Waals surface area contributed by atoms with Crippen LogP contribution in [0.15, 0.2) is 0 Å². The third-order valence-electron chi connectivity index (χ3n) is 2.51. The molecule has 1 saturated heterocycles. The predicted octanol–water partition coefficient (Wildman–Crippen LogP) is 0.289. The van der Waals surface area contributed by atoms with Crippen LogP contribution >= 0.6 is 0 Å². The van der Waals surface area contributed by atoms with Crippen LogP contribution in [0.1, 0.15) is 40.5 Å². The zero-order valence-corrected chi connectivity index (χ0v) is 8.23. The van der Waals surface area contributed by atoms with E-state index < -0.39 is 11.1 Å². The van der Waals surface area contributed by atoms with Crippen LogP contribution in [0.4, 0.5) is 0 Å². The van der Waals surface area contributed by atoms with Gasteiger partial charge in [0.15, 0.2) is 0 Å². The molecule has 1 rings (SSSR count). The number of rotatable bonds is 0. The summed E-state index contributed by atoms with van der Waals surface area (Å²) in [4.78, 5) is 11.3. The molecule has 3 nitrogen and oxygen atoms in total. The third kappa shape index (κ3) is 1.52. The molecule has 0 spiro atoms. The van der Waals surface area contributed by atoms with Crippen molar-refractivity contribution in [1.29, 1.82) is 0 Å². The first-order valence-electron chi connectivity index (χ1n) is 4.32. The summed E-state index contributed by atoms with van der Waals surface area (Å²) >= 11 is 0. The SMILES string of the molecule is CC1(C)CC(=O)CC(C)(C)[NH+]1[O-]. The summed E-state index contributed by atoms with van der Waals surface area (Å²) in [6.45, 7) is 7.42. The molecule has 0 aromatic rings. The van der Waals surface area contributed by atoms with Crippen LogP contribution in [0.2, 0.25) is 0 Å². The lowest BCUT2D eigenvalue weighted by molar-refractivity contribution is -0.950. The van der Waals surface area contributed by atoms with Gasteiger partial charge in [-0.2, -0.15) is 0 Å². The fourth-order valence-electron chi connectivity index (χ4n) is 2.12. The Balaban J connectivity index is 2.91. The Hall–Kier alpha value is -0.410. The van der Waals surface area contributed by atoms with Gasteiger partial charge in [-0.1, -0.05) is 0 Å². The molecule has 0 unspecified atom stereocenters. The van der Waals surface area contributed by atoms with Crippen LogP contribution in [-0.4, -0.2) is 16.9 Å². The maximum Gasteiger partial charge on any atom is 0.145 e. The molecule has 0 bridgehead atoms. The van der Waals surface area contributed by atoms with E-state index in [1.54, 1.807) is 0 Å². The zero-order valence-electron chi connectivity index (χ0n) is 8.23. The maximum absolute atomic E-state index is 11.8. The van der Waals surface area contributed by atoms with Crippen molar-refractivity contribution in [3.05, 3.63) is 5.21 Å². The van der Waals surface area contributed by atoms with E-state index >= 15 is 0 Å². The Labute approximate surface area is 73.3 Å². The van der Waals surface area contributed by atoms with Gasteiger partial charge in [0.2, 0.25) is 0 Å². The average Bonchev–Trinajstić information content (AvgIpc) is 1.80. The molecule has 1 fully saturated rings. The number of Topliss-reactive ketones (excluding diaryl/α,β-unsaturated/α-hetero) is 1. The van der Waals surface area contributed by atoms with E-state index in [2.05, 4.69) is 0 Å². The number of hydrogen-bond donors (Lipinski definition) is 1. The molecule has 0 amide bonds. The van der Waals surface area contributed by atoms with Crippen molar-refractivity contribution in [3.63, 3.8) is 0 Å². The molecule has 1 aliphatic rings. The molecule has 12 heavy (non-hydrogen) atoms.